The molecule has 1 atom stereocenters. The second-order valence-electron chi connectivity index (χ2n) is 4.68. The molecule has 1 aliphatic rings. The van der Waals surface area contributed by atoms with Gasteiger partial charge in [-0.25, -0.2) is 8.60 Å². The van der Waals surface area contributed by atoms with E-state index in [1.54, 1.807) is 7.05 Å². The molecule has 10 heteroatoms. The van der Waals surface area contributed by atoms with Crippen molar-refractivity contribution in [3.05, 3.63) is 24.0 Å². The molecular formula is C12H12FN5O3S. The Morgan fingerprint density at radius 3 is 2.77 bits per heavy atom. The summed E-state index contributed by atoms with van der Waals surface area (Å²) in [6.07, 6.45) is 0. The molecule has 22 heavy (non-hydrogen) atoms. The molecule has 1 saturated heterocycles. The van der Waals surface area contributed by atoms with E-state index in [1.807, 2.05) is 0 Å². The average Bonchev–Trinajstić information content (AvgIpc) is 2.93. The summed E-state index contributed by atoms with van der Waals surface area (Å²) in [6, 6.07) is 4.06. The van der Waals surface area contributed by atoms with Crippen molar-refractivity contribution >= 4 is 28.6 Å². The molecule has 116 valence electrons. The lowest BCUT2D eigenvalue weighted by Crippen LogP contribution is -2.23. The lowest BCUT2D eigenvalue weighted by molar-refractivity contribution is -0.117. The second-order valence-corrected chi connectivity index (χ2v) is 5.83. The highest BCUT2D eigenvalue weighted by Crippen LogP contribution is 2.37. The summed E-state index contributed by atoms with van der Waals surface area (Å²) in [7, 11) is 1.61. The number of aryl methyl sites for hydroxylation is 1. The number of nitrogen functional groups attached to an aromatic ring is 1. The van der Waals surface area contributed by atoms with Crippen molar-refractivity contribution in [1.82, 2.24) is 14.5 Å². The third-order valence-electron chi connectivity index (χ3n) is 3.22. The van der Waals surface area contributed by atoms with E-state index < -0.39 is 28.6 Å². The predicted molar refractivity (Wildman–Crippen MR) is 78.3 cm³/mol. The van der Waals surface area contributed by atoms with Gasteiger partial charge in [0.15, 0.2) is 5.82 Å². The van der Waals surface area contributed by atoms with Crippen LogP contribution in [0.5, 0.6) is 5.75 Å². The number of benzene rings is 1. The number of hydrogen-bond donors (Lipinski definition) is 3. The fraction of sp³-hybridized carbons (Fsp3) is 0.167. The van der Waals surface area contributed by atoms with Crippen molar-refractivity contribution in [2.75, 3.05) is 16.6 Å². The number of phenolic OH excluding ortho intramolecular Hbond substituents is 1. The van der Waals surface area contributed by atoms with Crippen LogP contribution < -0.4 is 14.8 Å². The molecule has 1 aromatic carbocycles. The number of carbonyl (C=O) groups excluding carboxylic acids is 1. The number of nitrogens with two attached hydrogens (primary N) is 1. The third kappa shape index (κ3) is 2.17. The first-order valence-corrected chi connectivity index (χ1v) is 7.29. The summed E-state index contributed by atoms with van der Waals surface area (Å²) in [5.74, 6) is -1.44. The minimum Gasteiger partial charge on any atom is -0.506 e. The smallest absolute Gasteiger partial charge is 0.253 e. The first-order valence-electron chi connectivity index (χ1n) is 6.18. The third-order valence-corrected chi connectivity index (χ3v) is 4.34. The van der Waals surface area contributed by atoms with E-state index in [4.69, 9.17) is 5.73 Å². The molecule has 1 unspecified atom stereocenters. The Morgan fingerprint density at radius 2 is 2.23 bits per heavy atom. The number of aromatic hydroxyl groups is 1. The maximum Gasteiger partial charge on any atom is 0.253 e. The monoisotopic (exact) mass is 325 g/mol. The minimum atomic E-state index is -1.94. The number of aromatic nitrogens is 2. The maximum atomic E-state index is 14.7. The summed E-state index contributed by atoms with van der Waals surface area (Å²) in [5.41, 5.74) is 5.70. The molecule has 0 radical (unpaired) electrons. The van der Waals surface area contributed by atoms with Crippen LogP contribution in [0.15, 0.2) is 18.2 Å². The van der Waals surface area contributed by atoms with Crippen molar-refractivity contribution in [2.24, 2.45) is 7.05 Å². The SMILES string of the molecule is Cn1nc(-c2ccc(O)c(N3CC(=O)NS3=O)c2F)cc1N. The van der Waals surface area contributed by atoms with E-state index in [0.29, 0.717) is 5.82 Å². The van der Waals surface area contributed by atoms with E-state index in [2.05, 4.69) is 9.82 Å². The molecule has 8 nitrogen and oxygen atoms in total. The molecule has 2 heterocycles. The topological polar surface area (TPSA) is 113 Å². The highest BCUT2D eigenvalue weighted by atomic mass is 32.2. The van der Waals surface area contributed by atoms with Crippen LogP contribution in [0.1, 0.15) is 0 Å². The Hall–Kier alpha value is -2.62. The summed E-state index contributed by atoms with van der Waals surface area (Å²) in [4.78, 5) is 11.3. The van der Waals surface area contributed by atoms with Gasteiger partial charge in [0.25, 0.3) is 5.91 Å². The average molecular weight is 325 g/mol. The molecule has 0 aliphatic carbocycles. The van der Waals surface area contributed by atoms with Gasteiger partial charge in [0.05, 0.1) is 5.69 Å². The van der Waals surface area contributed by atoms with Gasteiger partial charge in [0.2, 0.25) is 11.2 Å². The quantitative estimate of drug-likeness (QED) is 0.721. The van der Waals surface area contributed by atoms with E-state index in [1.165, 1.54) is 22.9 Å². The maximum absolute atomic E-state index is 14.7. The van der Waals surface area contributed by atoms with Gasteiger partial charge in [0.1, 0.15) is 23.8 Å². The molecule has 2 aromatic rings. The Kier molecular flexibility index (Phi) is 3.24. The number of halogens is 1. The second kappa shape index (κ2) is 4.98. The van der Waals surface area contributed by atoms with Gasteiger partial charge < -0.3 is 10.8 Å². The van der Waals surface area contributed by atoms with Gasteiger partial charge >= 0.3 is 0 Å². The first kappa shape index (κ1) is 14.3. The summed E-state index contributed by atoms with van der Waals surface area (Å²) >= 11 is -1.94. The minimum absolute atomic E-state index is 0.0800. The number of rotatable bonds is 2. The van der Waals surface area contributed by atoms with Crippen molar-refractivity contribution in [1.29, 1.82) is 0 Å². The van der Waals surface area contributed by atoms with Crippen LogP contribution in [0.2, 0.25) is 0 Å². The van der Waals surface area contributed by atoms with Crippen molar-refractivity contribution in [3.63, 3.8) is 0 Å². The highest BCUT2D eigenvalue weighted by Gasteiger charge is 2.32. The van der Waals surface area contributed by atoms with Crippen LogP contribution in [0.25, 0.3) is 11.3 Å². The van der Waals surface area contributed by atoms with E-state index in [9.17, 15) is 18.5 Å². The molecule has 1 aliphatic heterocycles. The first-order chi connectivity index (χ1) is 10.4. The zero-order valence-corrected chi connectivity index (χ0v) is 12.2. The molecule has 1 fully saturated rings. The largest absolute Gasteiger partial charge is 0.506 e. The van der Waals surface area contributed by atoms with Gasteiger partial charge in [-0.1, -0.05) is 0 Å². The Balaban J connectivity index is 2.14. The zero-order chi connectivity index (χ0) is 16.0. The van der Waals surface area contributed by atoms with Gasteiger partial charge in [-0.05, 0) is 12.1 Å². The number of hydrogen-bond acceptors (Lipinski definition) is 5. The lowest BCUT2D eigenvalue weighted by Gasteiger charge is -2.17. The Labute approximate surface area is 127 Å². The van der Waals surface area contributed by atoms with Crippen LogP contribution in [0.4, 0.5) is 15.9 Å². The summed E-state index contributed by atoms with van der Waals surface area (Å²) in [6.45, 7) is -0.315. The normalized spacial score (nSPS) is 17.8. The van der Waals surface area contributed by atoms with E-state index in [-0.39, 0.29) is 23.5 Å². The molecule has 0 spiro atoms. The number of nitrogens with one attached hydrogen (secondary N) is 1. The van der Waals surface area contributed by atoms with Gasteiger partial charge in [-0.3, -0.25) is 18.5 Å². The predicted octanol–water partition coefficient (Wildman–Crippen LogP) is 0.0289. The lowest BCUT2D eigenvalue weighted by atomic mass is 10.1. The molecule has 3 rings (SSSR count). The van der Waals surface area contributed by atoms with Crippen LogP contribution in [0, 0.1) is 5.82 Å². The molecule has 4 N–H and O–H groups in total. The van der Waals surface area contributed by atoms with Crippen LogP contribution in [0.3, 0.4) is 0 Å². The number of phenols is 1. The number of carbonyl (C=O) groups is 1. The van der Waals surface area contributed by atoms with Crippen molar-refractivity contribution < 1.29 is 18.5 Å². The molecule has 0 saturated carbocycles. The zero-order valence-electron chi connectivity index (χ0n) is 11.4. The Morgan fingerprint density at radius 1 is 1.50 bits per heavy atom. The van der Waals surface area contributed by atoms with Gasteiger partial charge in [-0.15, -0.1) is 0 Å². The summed E-state index contributed by atoms with van der Waals surface area (Å²) < 4.78 is 31.0. The number of nitrogens with zero attached hydrogens (tertiary/aromatic N) is 3. The fourth-order valence-electron chi connectivity index (χ4n) is 2.14. The fourth-order valence-corrected chi connectivity index (χ4v) is 3.08. The number of amides is 1. The standard InChI is InChI=1S/C12H12FN5O3S/c1-17-9(14)4-7(15-17)6-2-3-8(19)12(11(6)13)18-5-10(20)16-22(18)21/h2-4,19H,5,14H2,1H3,(H,16,20). The van der Waals surface area contributed by atoms with E-state index in [0.717, 1.165) is 4.31 Å². The van der Waals surface area contributed by atoms with Gasteiger partial charge in [-0.2, -0.15) is 5.10 Å². The number of anilines is 2. The van der Waals surface area contributed by atoms with Crippen molar-refractivity contribution in [2.45, 2.75) is 0 Å². The molecule has 0 bridgehead atoms. The highest BCUT2D eigenvalue weighted by molar-refractivity contribution is 7.85. The summed E-state index contributed by atoms with van der Waals surface area (Å²) in [5, 5.41) is 13.9. The Bertz CT molecular complexity index is 787. The van der Waals surface area contributed by atoms with Gasteiger partial charge in [0, 0.05) is 18.7 Å². The van der Waals surface area contributed by atoms with Crippen molar-refractivity contribution in [3.8, 4) is 17.0 Å². The molecular weight excluding hydrogens is 313 g/mol. The van der Waals surface area contributed by atoms with Crippen LogP contribution in [-0.4, -0.2) is 31.5 Å². The van der Waals surface area contributed by atoms with Crippen LogP contribution >= 0.6 is 0 Å². The molecule has 1 aromatic heterocycles. The van der Waals surface area contributed by atoms with E-state index >= 15 is 0 Å². The molecule has 1 amide bonds. The van der Waals surface area contributed by atoms with Crippen LogP contribution in [-0.2, 0) is 23.0 Å².